The fraction of sp³-hybridized carbons (Fsp3) is 0.514. The third kappa shape index (κ3) is 7.00. The first-order valence-electron chi connectivity index (χ1n) is 15.9. The van der Waals surface area contributed by atoms with Crippen LogP contribution in [0.3, 0.4) is 0 Å². The van der Waals surface area contributed by atoms with E-state index in [2.05, 4.69) is 41.8 Å². The van der Waals surface area contributed by atoms with Gasteiger partial charge < -0.3 is 14.7 Å². The van der Waals surface area contributed by atoms with E-state index in [0.29, 0.717) is 16.8 Å². The number of carboxylic acid groups (broad SMARTS) is 1. The lowest BCUT2D eigenvalue weighted by Crippen LogP contribution is -2.39. The maximum Gasteiger partial charge on any atom is 0.337 e. The van der Waals surface area contributed by atoms with Crippen LogP contribution < -0.4 is 4.90 Å². The number of anilines is 1. The molecule has 2 aliphatic rings. The summed E-state index contributed by atoms with van der Waals surface area (Å²) in [5.41, 5.74) is 9.27. The molecule has 1 saturated heterocycles. The summed E-state index contributed by atoms with van der Waals surface area (Å²) in [6.45, 7) is 20.3. The number of piperidine rings is 1. The SMILES string of the molecule is Cc1cc(CN2CCc3cc(-c4c(C)nc(C)c([C@H](OC(C)(C)C)C(=O)O)c4N4CCC(C)(C)CC4)ccc3C2)ccc1F. The van der Waals surface area contributed by atoms with Gasteiger partial charge in [0.25, 0.3) is 0 Å². The highest BCUT2D eigenvalue weighted by Crippen LogP contribution is 2.45. The summed E-state index contributed by atoms with van der Waals surface area (Å²) in [5, 5.41) is 10.5. The number of aromatic nitrogens is 1. The number of pyridine rings is 1. The van der Waals surface area contributed by atoms with Crippen molar-refractivity contribution in [3.05, 3.63) is 81.4 Å². The smallest absolute Gasteiger partial charge is 0.337 e. The first-order valence-corrected chi connectivity index (χ1v) is 15.9. The molecule has 0 saturated carbocycles. The molecule has 0 spiro atoms. The average Bonchev–Trinajstić information content (AvgIpc) is 2.93. The molecule has 1 fully saturated rings. The van der Waals surface area contributed by atoms with E-state index >= 15 is 0 Å². The van der Waals surface area contributed by atoms with Crippen LogP contribution in [0.25, 0.3) is 11.1 Å². The van der Waals surface area contributed by atoms with E-state index in [-0.39, 0.29) is 11.2 Å². The van der Waals surface area contributed by atoms with Crippen LogP contribution in [0, 0.1) is 32.0 Å². The summed E-state index contributed by atoms with van der Waals surface area (Å²) in [7, 11) is 0. The second-order valence-electron chi connectivity index (χ2n) is 14.5. The fourth-order valence-electron chi connectivity index (χ4n) is 6.72. The highest BCUT2D eigenvalue weighted by molar-refractivity contribution is 5.88. The van der Waals surface area contributed by atoms with Crippen molar-refractivity contribution in [3.8, 4) is 11.1 Å². The molecule has 1 aromatic heterocycles. The van der Waals surface area contributed by atoms with Crippen molar-refractivity contribution < 1.29 is 19.0 Å². The highest BCUT2D eigenvalue weighted by Gasteiger charge is 2.36. The van der Waals surface area contributed by atoms with Crippen molar-refractivity contribution in [1.29, 1.82) is 0 Å². The van der Waals surface area contributed by atoms with Crippen LogP contribution in [0.2, 0.25) is 0 Å². The molecular formula is C37H48FN3O3. The Morgan fingerprint density at radius 1 is 1.02 bits per heavy atom. The second-order valence-corrected chi connectivity index (χ2v) is 14.5. The van der Waals surface area contributed by atoms with Gasteiger partial charge in [-0.05, 0) is 100 Å². The Labute approximate surface area is 262 Å². The quantitative estimate of drug-likeness (QED) is 0.297. The van der Waals surface area contributed by atoms with Crippen molar-refractivity contribution in [2.24, 2.45) is 5.41 Å². The molecule has 7 heteroatoms. The molecule has 3 aromatic rings. The van der Waals surface area contributed by atoms with E-state index < -0.39 is 17.7 Å². The number of hydrogen-bond acceptors (Lipinski definition) is 5. The van der Waals surface area contributed by atoms with Gasteiger partial charge in [0.2, 0.25) is 0 Å². The van der Waals surface area contributed by atoms with E-state index in [9.17, 15) is 14.3 Å². The van der Waals surface area contributed by atoms with E-state index in [0.717, 1.165) is 80.1 Å². The zero-order valence-electron chi connectivity index (χ0n) is 27.7. The van der Waals surface area contributed by atoms with Gasteiger partial charge in [-0.25, -0.2) is 9.18 Å². The normalized spacial score (nSPS) is 17.8. The molecule has 0 amide bonds. The molecule has 236 valence electrons. The summed E-state index contributed by atoms with van der Waals surface area (Å²) in [5.74, 6) is -1.17. The van der Waals surface area contributed by atoms with Gasteiger partial charge in [-0.15, -0.1) is 0 Å². The fourth-order valence-corrected chi connectivity index (χ4v) is 6.72. The molecule has 1 N–H and O–H groups in total. The van der Waals surface area contributed by atoms with Crippen molar-refractivity contribution in [3.63, 3.8) is 0 Å². The summed E-state index contributed by atoms with van der Waals surface area (Å²) in [4.78, 5) is 22.5. The van der Waals surface area contributed by atoms with Crippen molar-refractivity contribution in [2.45, 2.75) is 99.4 Å². The zero-order valence-corrected chi connectivity index (χ0v) is 27.7. The van der Waals surface area contributed by atoms with Crippen LogP contribution in [0.5, 0.6) is 0 Å². The number of aliphatic carboxylic acids is 1. The third-order valence-electron chi connectivity index (χ3n) is 9.18. The van der Waals surface area contributed by atoms with Crippen LogP contribution in [-0.4, -0.2) is 46.2 Å². The Bertz CT molecular complexity index is 1550. The molecule has 0 aliphatic carbocycles. The van der Waals surface area contributed by atoms with Gasteiger partial charge in [0.05, 0.1) is 11.3 Å². The Hall–Kier alpha value is -3.29. The van der Waals surface area contributed by atoms with Crippen molar-refractivity contribution in [2.75, 3.05) is 24.5 Å². The Morgan fingerprint density at radius 2 is 1.73 bits per heavy atom. The lowest BCUT2D eigenvalue weighted by Gasteiger charge is -2.41. The predicted octanol–water partition coefficient (Wildman–Crippen LogP) is 7.94. The number of hydrogen-bond donors (Lipinski definition) is 1. The summed E-state index contributed by atoms with van der Waals surface area (Å²) in [6, 6.07) is 12.1. The van der Waals surface area contributed by atoms with Gasteiger partial charge in [-0.3, -0.25) is 9.88 Å². The largest absolute Gasteiger partial charge is 0.479 e. The Balaban J connectivity index is 1.56. The van der Waals surface area contributed by atoms with Crippen molar-refractivity contribution in [1.82, 2.24) is 9.88 Å². The number of halogens is 1. The van der Waals surface area contributed by atoms with E-state index in [1.165, 1.54) is 11.1 Å². The molecule has 6 nitrogen and oxygen atoms in total. The molecule has 5 rings (SSSR count). The number of fused-ring (bicyclic) bond motifs is 1. The van der Waals surface area contributed by atoms with Gasteiger partial charge >= 0.3 is 5.97 Å². The molecule has 44 heavy (non-hydrogen) atoms. The Kier molecular flexibility index (Phi) is 8.94. The number of benzene rings is 2. The minimum absolute atomic E-state index is 0.165. The van der Waals surface area contributed by atoms with Gasteiger partial charge in [0, 0.05) is 55.2 Å². The van der Waals surface area contributed by atoms with Crippen LogP contribution in [0.1, 0.15) is 92.8 Å². The zero-order chi connectivity index (χ0) is 32.0. The minimum atomic E-state index is -1.13. The number of ether oxygens (including phenoxy) is 1. The van der Waals surface area contributed by atoms with E-state index in [4.69, 9.17) is 9.72 Å². The molecule has 3 heterocycles. The maximum atomic E-state index is 13.8. The first-order chi connectivity index (χ1) is 20.6. The van der Waals surface area contributed by atoms with Crippen LogP contribution in [0.4, 0.5) is 10.1 Å². The lowest BCUT2D eigenvalue weighted by atomic mass is 9.81. The topological polar surface area (TPSA) is 65.9 Å². The number of carbonyl (C=O) groups is 1. The van der Waals surface area contributed by atoms with E-state index in [1.54, 1.807) is 6.07 Å². The predicted molar refractivity (Wildman–Crippen MR) is 175 cm³/mol. The van der Waals surface area contributed by atoms with Crippen LogP contribution in [-0.2, 0) is 29.0 Å². The molecular weight excluding hydrogens is 553 g/mol. The van der Waals surface area contributed by atoms with Crippen LogP contribution in [0.15, 0.2) is 36.4 Å². The van der Waals surface area contributed by atoms with Gasteiger partial charge in [-0.2, -0.15) is 0 Å². The first kappa shape index (κ1) is 32.1. The highest BCUT2D eigenvalue weighted by atomic mass is 19.1. The average molecular weight is 602 g/mol. The lowest BCUT2D eigenvalue weighted by molar-refractivity contribution is -0.160. The standard InChI is InChI=1S/C37H48FN3O3/c1-23-19-26(9-12-30(23)38)21-40-16-13-27-20-28(10-11-29(27)22-40)31-24(2)39-25(3)32(34(35(42)43)44-36(4,5)6)33(31)41-17-14-37(7,8)15-18-41/h9-12,19-20,34H,13-18,21-22H2,1-8H3,(H,42,43)/t34-/m0/s1. The molecule has 2 aliphatic heterocycles. The summed E-state index contributed by atoms with van der Waals surface area (Å²) >= 11 is 0. The van der Waals surface area contributed by atoms with Crippen molar-refractivity contribution >= 4 is 11.7 Å². The molecule has 0 radical (unpaired) electrons. The van der Waals surface area contributed by atoms with Gasteiger partial charge in [0.15, 0.2) is 6.10 Å². The van der Waals surface area contributed by atoms with E-state index in [1.807, 2.05) is 53.7 Å². The summed E-state index contributed by atoms with van der Waals surface area (Å²) < 4.78 is 20.0. The number of aryl methyl sites for hydroxylation is 3. The van der Waals surface area contributed by atoms with Gasteiger partial charge in [-0.1, -0.05) is 44.2 Å². The van der Waals surface area contributed by atoms with Crippen LogP contribution >= 0.6 is 0 Å². The number of rotatable bonds is 7. The molecule has 1 atom stereocenters. The molecule has 0 unspecified atom stereocenters. The number of nitrogens with zero attached hydrogens (tertiary/aromatic N) is 3. The monoisotopic (exact) mass is 601 g/mol. The molecule has 0 bridgehead atoms. The van der Waals surface area contributed by atoms with Gasteiger partial charge in [0.1, 0.15) is 5.82 Å². The Morgan fingerprint density at radius 3 is 2.36 bits per heavy atom. The number of carboxylic acids is 1. The molecule has 2 aromatic carbocycles. The maximum absolute atomic E-state index is 13.8. The second kappa shape index (κ2) is 12.2. The summed E-state index contributed by atoms with van der Waals surface area (Å²) in [6.07, 6.45) is 1.83. The minimum Gasteiger partial charge on any atom is -0.479 e. The third-order valence-corrected chi connectivity index (χ3v) is 9.18.